The van der Waals surface area contributed by atoms with Gasteiger partial charge in [-0.15, -0.1) is 0 Å². The van der Waals surface area contributed by atoms with E-state index >= 15 is 0 Å². The molecule has 4 atom stereocenters. The summed E-state index contributed by atoms with van der Waals surface area (Å²) in [6.45, 7) is 14.6. The van der Waals surface area contributed by atoms with E-state index in [9.17, 15) is 5.11 Å². The highest BCUT2D eigenvalue weighted by molar-refractivity contribution is 4.91. The number of rotatable bonds is 3. The maximum absolute atomic E-state index is 10.3. The molecule has 0 aliphatic carbocycles. The largest absolute Gasteiger partial charge is 0.390 e. The lowest BCUT2D eigenvalue weighted by molar-refractivity contribution is -0.227. The minimum Gasteiger partial charge on any atom is -0.390 e. The highest BCUT2D eigenvalue weighted by Gasteiger charge is 2.42. The van der Waals surface area contributed by atoms with Crippen molar-refractivity contribution in [1.29, 1.82) is 0 Å². The zero-order valence-electron chi connectivity index (χ0n) is 13.0. The van der Waals surface area contributed by atoms with Crippen LogP contribution in [0.25, 0.3) is 0 Å². The van der Waals surface area contributed by atoms with E-state index in [0.717, 1.165) is 6.42 Å². The minimum atomic E-state index is -0.446. The van der Waals surface area contributed by atoms with Crippen molar-refractivity contribution >= 4 is 0 Å². The van der Waals surface area contributed by atoms with Crippen molar-refractivity contribution < 1.29 is 14.6 Å². The molecule has 1 aliphatic heterocycles. The number of hydrogen-bond acceptors (Lipinski definition) is 3. The molecule has 1 N–H and O–H groups in total. The van der Waals surface area contributed by atoms with E-state index in [4.69, 9.17) is 9.47 Å². The van der Waals surface area contributed by atoms with Crippen molar-refractivity contribution in [3.63, 3.8) is 0 Å². The van der Waals surface area contributed by atoms with Crippen LogP contribution < -0.4 is 0 Å². The molecule has 0 amide bonds. The quantitative estimate of drug-likeness (QED) is 0.845. The normalized spacial score (nSPS) is 34.7. The molecule has 3 heteroatoms. The maximum Gasteiger partial charge on any atom is 0.0887 e. The highest BCUT2D eigenvalue weighted by atomic mass is 16.6. The Kier molecular flexibility index (Phi) is 4.85. The van der Waals surface area contributed by atoms with Gasteiger partial charge in [0.25, 0.3) is 0 Å². The van der Waals surface area contributed by atoms with E-state index in [1.165, 1.54) is 0 Å². The van der Waals surface area contributed by atoms with Gasteiger partial charge in [0.2, 0.25) is 0 Å². The molecule has 1 rings (SSSR count). The summed E-state index contributed by atoms with van der Waals surface area (Å²) in [5.74, 6) is 0. The lowest BCUT2D eigenvalue weighted by atomic mass is 9.81. The molecule has 18 heavy (non-hydrogen) atoms. The van der Waals surface area contributed by atoms with Crippen molar-refractivity contribution in [3.8, 4) is 0 Å². The fourth-order valence-corrected chi connectivity index (χ4v) is 2.38. The molecular formula is C15H30O3. The second kappa shape index (κ2) is 5.48. The van der Waals surface area contributed by atoms with Gasteiger partial charge in [-0.25, -0.2) is 0 Å². The molecule has 0 aromatic rings. The predicted molar refractivity (Wildman–Crippen MR) is 73.7 cm³/mol. The molecule has 0 radical (unpaired) electrons. The topological polar surface area (TPSA) is 38.7 Å². The molecule has 0 aromatic carbocycles. The molecule has 0 saturated carbocycles. The van der Waals surface area contributed by atoms with E-state index in [1.807, 2.05) is 6.92 Å². The van der Waals surface area contributed by atoms with E-state index in [-0.39, 0.29) is 29.3 Å². The van der Waals surface area contributed by atoms with Gasteiger partial charge in [-0.2, -0.15) is 0 Å². The highest BCUT2D eigenvalue weighted by Crippen LogP contribution is 2.35. The first kappa shape index (κ1) is 15.9. The lowest BCUT2D eigenvalue weighted by Gasteiger charge is -2.45. The first-order valence-electron chi connectivity index (χ1n) is 7.08. The van der Waals surface area contributed by atoms with Crippen LogP contribution >= 0.6 is 0 Å². The average Bonchev–Trinajstić information content (AvgIpc) is 2.21. The zero-order chi connectivity index (χ0) is 14.1. The van der Waals surface area contributed by atoms with Gasteiger partial charge in [0.1, 0.15) is 0 Å². The molecule has 3 nitrogen and oxygen atoms in total. The lowest BCUT2D eigenvalue weighted by Crippen LogP contribution is -2.53. The maximum atomic E-state index is 10.3. The Morgan fingerprint density at radius 2 is 1.78 bits per heavy atom. The second-order valence-corrected chi connectivity index (χ2v) is 7.20. The Bertz CT molecular complexity index is 267. The standard InChI is InChI=1S/C15H30O3/c1-8-15(6,7)18-12-9-11(16)13(14(3,4)5)17-10(12)2/h10-13,16H,8-9H2,1-7H3/t10?,11-,12-,13?/m0/s1. The Balaban J connectivity index is 2.68. The molecule has 1 aliphatic rings. The summed E-state index contributed by atoms with van der Waals surface area (Å²) in [6, 6.07) is 0. The molecule has 1 fully saturated rings. The molecule has 0 aromatic heterocycles. The van der Waals surface area contributed by atoms with Gasteiger partial charge in [-0.05, 0) is 32.6 Å². The molecule has 0 spiro atoms. The summed E-state index contributed by atoms with van der Waals surface area (Å²) in [5, 5.41) is 10.3. The van der Waals surface area contributed by atoms with Crippen molar-refractivity contribution in [3.05, 3.63) is 0 Å². The van der Waals surface area contributed by atoms with Crippen LogP contribution in [-0.4, -0.2) is 35.1 Å². The van der Waals surface area contributed by atoms with Crippen LogP contribution in [0.5, 0.6) is 0 Å². The van der Waals surface area contributed by atoms with Crippen molar-refractivity contribution in [2.24, 2.45) is 5.41 Å². The summed E-state index contributed by atoms with van der Waals surface area (Å²) in [6.07, 6.45) is 1.06. The fraction of sp³-hybridized carbons (Fsp3) is 1.00. The van der Waals surface area contributed by atoms with Crippen molar-refractivity contribution in [1.82, 2.24) is 0 Å². The Morgan fingerprint density at radius 1 is 1.22 bits per heavy atom. The first-order valence-corrected chi connectivity index (χ1v) is 7.08. The molecule has 1 saturated heterocycles. The molecular weight excluding hydrogens is 228 g/mol. The van der Waals surface area contributed by atoms with E-state index in [1.54, 1.807) is 0 Å². The Hall–Kier alpha value is -0.120. The van der Waals surface area contributed by atoms with Gasteiger partial charge in [0.15, 0.2) is 0 Å². The SMILES string of the molecule is CCC(C)(C)O[C@H]1C[C@H](O)C(C(C)(C)C)OC1C. The summed E-state index contributed by atoms with van der Waals surface area (Å²) >= 11 is 0. The predicted octanol–water partition coefficient (Wildman–Crippen LogP) is 3.14. The third kappa shape index (κ3) is 3.94. The second-order valence-electron chi connectivity index (χ2n) is 7.20. The number of ether oxygens (including phenoxy) is 2. The summed E-state index contributed by atoms with van der Waals surface area (Å²) < 4.78 is 12.1. The van der Waals surface area contributed by atoms with Crippen molar-refractivity contribution in [2.45, 2.75) is 91.3 Å². The van der Waals surface area contributed by atoms with Gasteiger partial charge < -0.3 is 14.6 Å². The van der Waals surface area contributed by atoms with Gasteiger partial charge >= 0.3 is 0 Å². The number of aliphatic hydroxyl groups excluding tert-OH is 1. The average molecular weight is 258 g/mol. The van der Waals surface area contributed by atoms with Crippen LogP contribution in [0.4, 0.5) is 0 Å². The smallest absolute Gasteiger partial charge is 0.0887 e. The summed E-state index contributed by atoms with van der Waals surface area (Å²) in [4.78, 5) is 0. The molecule has 1 heterocycles. The van der Waals surface area contributed by atoms with E-state index in [2.05, 4.69) is 41.5 Å². The number of hydrogen-bond donors (Lipinski definition) is 1. The molecule has 2 unspecified atom stereocenters. The number of aliphatic hydroxyl groups is 1. The third-order valence-electron chi connectivity index (χ3n) is 3.88. The Morgan fingerprint density at radius 3 is 2.22 bits per heavy atom. The van der Waals surface area contributed by atoms with Gasteiger partial charge in [0, 0.05) is 6.42 Å². The first-order chi connectivity index (χ1) is 8.07. The van der Waals surface area contributed by atoms with Gasteiger partial charge in [-0.1, -0.05) is 27.7 Å². The van der Waals surface area contributed by atoms with Gasteiger partial charge in [-0.3, -0.25) is 0 Å². The van der Waals surface area contributed by atoms with Crippen LogP contribution in [0.2, 0.25) is 0 Å². The zero-order valence-corrected chi connectivity index (χ0v) is 13.0. The Labute approximate surface area is 112 Å². The monoisotopic (exact) mass is 258 g/mol. The fourth-order valence-electron chi connectivity index (χ4n) is 2.38. The van der Waals surface area contributed by atoms with Crippen LogP contribution in [0.15, 0.2) is 0 Å². The third-order valence-corrected chi connectivity index (χ3v) is 3.88. The molecule has 0 bridgehead atoms. The molecule has 108 valence electrons. The van der Waals surface area contributed by atoms with Crippen LogP contribution in [0.1, 0.15) is 61.3 Å². The minimum absolute atomic E-state index is 0.0199. The van der Waals surface area contributed by atoms with Crippen LogP contribution in [0.3, 0.4) is 0 Å². The van der Waals surface area contributed by atoms with Gasteiger partial charge in [0.05, 0.1) is 30.0 Å². The van der Waals surface area contributed by atoms with Crippen LogP contribution in [-0.2, 0) is 9.47 Å². The van der Waals surface area contributed by atoms with Crippen molar-refractivity contribution in [2.75, 3.05) is 0 Å². The van der Waals surface area contributed by atoms with E-state index in [0.29, 0.717) is 6.42 Å². The summed E-state index contributed by atoms with van der Waals surface area (Å²) in [5.41, 5.74) is -0.199. The van der Waals surface area contributed by atoms with Crippen LogP contribution in [0, 0.1) is 5.41 Å². The van der Waals surface area contributed by atoms with E-state index < -0.39 is 6.10 Å². The summed E-state index contributed by atoms with van der Waals surface area (Å²) in [7, 11) is 0.